The molecule has 1 saturated heterocycles. The van der Waals surface area contributed by atoms with Gasteiger partial charge in [-0.05, 0) is 63.0 Å². The van der Waals surface area contributed by atoms with Crippen molar-refractivity contribution >= 4 is 23.2 Å². The van der Waals surface area contributed by atoms with E-state index in [9.17, 15) is 19.7 Å². The molecule has 1 aliphatic heterocycles. The summed E-state index contributed by atoms with van der Waals surface area (Å²) in [5, 5.41) is 21.8. The molecule has 1 fully saturated rings. The second kappa shape index (κ2) is 10.4. The maximum Gasteiger partial charge on any atom is 0.278 e. The zero-order valence-electron chi connectivity index (χ0n) is 19.4. The number of likely N-dealkylation sites (tertiary alicyclic amines) is 1. The number of piperidine rings is 1. The number of nitrogens with zero attached hydrogens (tertiary/aromatic N) is 5. The lowest BCUT2D eigenvalue weighted by Crippen LogP contribution is -2.39. The van der Waals surface area contributed by atoms with Gasteiger partial charge in [0.2, 0.25) is 5.91 Å². The molecule has 0 radical (unpaired) electrons. The van der Waals surface area contributed by atoms with Gasteiger partial charge in [-0.15, -0.1) is 5.10 Å². The van der Waals surface area contributed by atoms with Crippen LogP contribution in [0.25, 0.3) is 5.69 Å². The van der Waals surface area contributed by atoms with Gasteiger partial charge in [-0.3, -0.25) is 19.7 Å². The van der Waals surface area contributed by atoms with E-state index in [1.165, 1.54) is 16.8 Å². The largest absolute Gasteiger partial charge is 0.369 e. The van der Waals surface area contributed by atoms with Crippen molar-refractivity contribution in [3.8, 4) is 5.69 Å². The molecule has 3 aromatic rings. The Morgan fingerprint density at radius 3 is 2.54 bits per heavy atom. The van der Waals surface area contributed by atoms with Crippen LogP contribution in [0.3, 0.4) is 0 Å². The third-order valence-corrected chi connectivity index (χ3v) is 6.31. The first kappa shape index (κ1) is 24.0. The predicted molar refractivity (Wildman–Crippen MR) is 129 cm³/mol. The molecular formula is C24H27N7O4. The molecule has 0 atom stereocenters. The minimum atomic E-state index is -0.487. The molecule has 35 heavy (non-hydrogen) atoms. The maximum atomic E-state index is 12.8. The molecular weight excluding hydrogens is 450 g/mol. The Hall–Kier alpha value is -4.12. The van der Waals surface area contributed by atoms with Gasteiger partial charge >= 0.3 is 0 Å². The summed E-state index contributed by atoms with van der Waals surface area (Å²) in [6.07, 6.45) is 2.49. The number of hydrogen-bond acceptors (Lipinski definition) is 7. The van der Waals surface area contributed by atoms with Crippen molar-refractivity contribution in [2.24, 2.45) is 11.7 Å². The van der Waals surface area contributed by atoms with E-state index < -0.39 is 10.8 Å². The number of carbonyl (C=O) groups excluding carboxylic acids is 2. The van der Waals surface area contributed by atoms with Gasteiger partial charge in [0.05, 0.1) is 16.3 Å². The summed E-state index contributed by atoms with van der Waals surface area (Å²) in [5.74, 6) is -0.626. The van der Waals surface area contributed by atoms with E-state index in [2.05, 4.69) is 20.5 Å². The lowest BCUT2D eigenvalue weighted by atomic mass is 9.96. The van der Waals surface area contributed by atoms with Gasteiger partial charge in [-0.2, -0.15) is 0 Å². The van der Waals surface area contributed by atoms with Crippen LogP contribution in [0.5, 0.6) is 0 Å². The van der Waals surface area contributed by atoms with E-state index in [1.54, 1.807) is 19.1 Å². The Kier molecular flexibility index (Phi) is 7.16. The van der Waals surface area contributed by atoms with Crippen molar-refractivity contribution in [2.45, 2.75) is 26.2 Å². The lowest BCUT2D eigenvalue weighted by Gasteiger charge is -2.30. The molecule has 11 nitrogen and oxygen atoms in total. The lowest BCUT2D eigenvalue weighted by molar-refractivity contribution is -0.384. The Morgan fingerprint density at radius 1 is 1.17 bits per heavy atom. The molecule has 1 aliphatic rings. The molecule has 182 valence electrons. The minimum Gasteiger partial charge on any atom is -0.369 e. The minimum absolute atomic E-state index is 0.00872. The average Bonchev–Trinajstić information content (AvgIpc) is 3.25. The van der Waals surface area contributed by atoms with Crippen LogP contribution in [0.1, 0.15) is 34.6 Å². The van der Waals surface area contributed by atoms with Crippen LogP contribution in [0.4, 0.5) is 11.4 Å². The summed E-state index contributed by atoms with van der Waals surface area (Å²) in [6, 6.07) is 13.6. The highest BCUT2D eigenvalue weighted by atomic mass is 16.6. The van der Waals surface area contributed by atoms with E-state index in [-0.39, 0.29) is 23.2 Å². The van der Waals surface area contributed by atoms with Gasteiger partial charge in [-0.1, -0.05) is 23.4 Å². The van der Waals surface area contributed by atoms with Crippen LogP contribution in [-0.4, -0.2) is 56.3 Å². The van der Waals surface area contributed by atoms with Crippen LogP contribution in [0.2, 0.25) is 0 Å². The first-order chi connectivity index (χ1) is 16.8. The van der Waals surface area contributed by atoms with Crippen LogP contribution in [-0.2, 0) is 11.2 Å². The zero-order chi connectivity index (χ0) is 24.9. The second-order valence-electron chi connectivity index (χ2n) is 8.63. The molecule has 1 aromatic heterocycles. The first-order valence-corrected chi connectivity index (χ1v) is 11.4. The van der Waals surface area contributed by atoms with E-state index in [4.69, 9.17) is 5.73 Å². The number of nitro groups is 1. The van der Waals surface area contributed by atoms with Crippen molar-refractivity contribution in [3.63, 3.8) is 0 Å². The number of primary amides is 1. The van der Waals surface area contributed by atoms with Gasteiger partial charge < -0.3 is 16.0 Å². The Bertz CT molecular complexity index is 1230. The molecule has 2 heterocycles. The summed E-state index contributed by atoms with van der Waals surface area (Å²) in [6.45, 7) is 4.33. The van der Waals surface area contributed by atoms with Crippen molar-refractivity contribution in [3.05, 3.63) is 75.6 Å². The molecule has 11 heteroatoms. The van der Waals surface area contributed by atoms with Gasteiger partial charge in [-0.25, -0.2) is 4.68 Å². The fraction of sp³-hybridized carbons (Fsp3) is 0.333. The highest BCUT2D eigenvalue weighted by Gasteiger charge is 2.23. The molecule has 0 spiro atoms. The molecule has 4 rings (SSSR count). The van der Waals surface area contributed by atoms with Crippen LogP contribution in [0, 0.1) is 23.0 Å². The van der Waals surface area contributed by atoms with Crippen molar-refractivity contribution < 1.29 is 14.5 Å². The smallest absolute Gasteiger partial charge is 0.278 e. The highest BCUT2D eigenvalue weighted by molar-refractivity contribution is 6.03. The summed E-state index contributed by atoms with van der Waals surface area (Å²) in [4.78, 5) is 37.0. The Balaban J connectivity index is 1.34. The number of aromatic nitrogens is 3. The standard InChI is InChI=1S/C24H27N7O4/c1-16-22(27-28-30(16)20-3-2-4-21(15-20)31(34)35)24(33)26-19-7-5-17(6-8-19)9-12-29-13-10-18(11-14-29)23(25)32/h2-8,15,18H,9-14H2,1H3,(H2,25,32)(H,26,33). The quantitative estimate of drug-likeness (QED) is 0.374. The number of nitrogens with two attached hydrogens (primary N) is 1. The number of carbonyl (C=O) groups is 2. The van der Waals surface area contributed by atoms with Crippen LogP contribution < -0.4 is 11.1 Å². The summed E-state index contributed by atoms with van der Waals surface area (Å²) in [5.41, 5.74) is 8.16. The predicted octanol–water partition coefficient (Wildman–Crippen LogP) is 2.48. The van der Waals surface area contributed by atoms with E-state index in [1.807, 2.05) is 24.3 Å². The molecule has 0 unspecified atom stereocenters. The van der Waals surface area contributed by atoms with E-state index in [0.29, 0.717) is 17.1 Å². The SMILES string of the molecule is Cc1c(C(=O)Nc2ccc(CCN3CCC(C(N)=O)CC3)cc2)nnn1-c1cccc([N+](=O)[O-])c1. The van der Waals surface area contributed by atoms with Gasteiger partial charge in [0.15, 0.2) is 5.69 Å². The fourth-order valence-electron chi connectivity index (χ4n) is 4.20. The van der Waals surface area contributed by atoms with Crippen LogP contribution in [0.15, 0.2) is 48.5 Å². The second-order valence-corrected chi connectivity index (χ2v) is 8.63. The number of nitrogens with one attached hydrogen (secondary N) is 1. The topological polar surface area (TPSA) is 149 Å². The fourth-order valence-corrected chi connectivity index (χ4v) is 4.20. The normalized spacial score (nSPS) is 14.5. The van der Waals surface area contributed by atoms with Gasteiger partial charge in [0, 0.05) is 30.3 Å². The third-order valence-electron chi connectivity index (χ3n) is 6.31. The average molecular weight is 478 g/mol. The zero-order valence-corrected chi connectivity index (χ0v) is 19.4. The summed E-state index contributed by atoms with van der Waals surface area (Å²) >= 11 is 0. The monoisotopic (exact) mass is 477 g/mol. The highest BCUT2D eigenvalue weighted by Crippen LogP contribution is 2.20. The van der Waals surface area contributed by atoms with Crippen molar-refractivity contribution in [1.29, 1.82) is 0 Å². The maximum absolute atomic E-state index is 12.8. The van der Waals surface area contributed by atoms with E-state index >= 15 is 0 Å². The number of nitro benzene ring substituents is 1. The molecule has 0 aliphatic carbocycles. The van der Waals surface area contributed by atoms with E-state index in [0.717, 1.165) is 44.5 Å². The Morgan fingerprint density at radius 2 is 1.89 bits per heavy atom. The number of hydrogen-bond donors (Lipinski definition) is 2. The number of rotatable bonds is 8. The number of amides is 2. The summed E-state index contributed by atoms with van der Waals surface area (Å²) in [7, 11) is 0. The molecule has 3 N–H and O–H groups in total. The first-order valence-electron chi connectivity index (χ1n) is 11.4. The van der Waals surface area contributed by atoms with Crippen LogP contribution >= 0.6 is 0 Å². The third kappa shape index (κ3) is 5.69. The number of benzene rings is 2. The Labute approximate surface area is 202 Å². The molecule has 2 amide bonds. The molecule has 2 aromatic carbocycles. The summed E-state index contributed by atoms with van der Waals surface area (Å²) < 4.78 is 1.40. The number of non-ortho nitro benzene ring substituents is 1. The number of anilines is 1. The van der Waals surface area contributed by atoms with Gasteiger partial charge in [0.25, 0.3) is 11.6 Å². The molecule has 0 bridgehead atoms. The van der Waals surface area contributed by atoms with Gasteiger partial charge in [0.1, 0.15) is 0 Å². The van der Waals surface area contributed by atoms with Crippen molar-refractivity contribution in [2.75, 3.05) is 25.0 Å². The molecule has 0 saturated carbocycles. The van der Waals surface area contributed by atoms with Crippen molar-refractivity contribution in [1.82, 2.24) is 19.9 Å².